The van der Waals surface area contributed by atoms with Gasteiger partial charge in [-0.05, 0) is 42.6 Å². The van der Waals surface area contributed by atoms with Gasteiger partial charge in [-0.2, -0.15) is 0 Å². The number of nitrogens with one attached hydrogen (secondary N) is 1. The summed E-state index contributed by atoms with van der Waals surface area (Å²) in [5, 5.41) is 21.2. The summed E-state index contributed by atoms with van der Waals surface area (Å²) in [6, 6.07) is 9.19. The zero-order chi connectivity index (χ0) is 18.1. The van der Waals surface area contributed by atoms with E-state index in [2.05, 4.69) is 5.32 Å². The molecule has 3 N–H and O–H groups in total. The molecule has 0 aromatic heterocycles. The van der Waals surface area contributed by atoms with Crippen molar-refractivity contribution < 1.29 is 24.2 Å². The standard InChI is InChI=1S/C17H11FN2O4S/c18-12-3-1-2-4-13(12)20-16(24)11(15(23)19-17(20)25)7-9-5-6-10(21)8-14(9)22/h1-8,21-22H,(H,19,23,25)/b11-7+. The van der Waals surface area contributed by atoms with E-state index in [-0.39, 0.29) is 33.4 Å². The number of thiocarbonyl (C=S) groups is 1. The Balaban J connectivity index is 2.07. The summed E-state index contributed by atoms with van der Waals surface area (Å²) in [5.41, 5.74) is -0.297. The number of anilines is 1. The van der Waals surface area contributed by atoms with Gasteiger partial charge in [0.05, 0.1) is 5.69 Å². The predicted molar refractivity (Wildman–Crippen MR) is 92.4 cm³/mol. The highest BCUT2D eigenvalue weighted by molar-refractivity contribution is 7.80. The molecule has 126 valence electrons. The summed E-state index contributed by atoms with van der Waals surface area (Å²) < 4.78 is 14.0. The Labute approximate surface area is 146 Å². The zero-order valence-electron chi connectivity index (χ0n) is 12.6. The Morgan fingerprint density at radius 1 is 1.12 bits per heavy atom. The van der Waals surface area contributed by atoms with Crippen LogP contribution in [-0.2, 0) is 9.59 Å². The van der Waals surface area contributed by atoms with Crippen LogP contribution in [0.3, 0.4) is 0 Å². The van der Waals surface area contributed by atoms with Crippen LogP contribution in [0.5, 0.6) is 11.5 Å². The largest absolute Gasteiger partial charge is 0.508 e. The van der Waals surface area contributed by atoms with Crippen molar-refractivity contribution in [3.05, 3.63) is 59.4 Å². The van der Waals surface area contributed by atoms with Crippen LogP contribution in [0.15, 0.2) is 48.0 Å². The van der Waals surface area contributed by atoms with E-state index in [0.29, 0.717) is 0 Å². The maximum absolute atomic E-state index is 14.0. The smallest absolute Gasteiger partial charge is 0.270 e. The highest BCUT2D eigenvalue weighted by Crippen LogP contribution is 2.28. The first-order valence-corrected chi connectivity index (χ1v) is 7.47. The van der Waals surface area contributed by atoms with Crippen molar-refractivity contribution in [2.24, 2.45) is 0 Å². The number of rotatable bonds is 2. The first-order chi connectivity index (χ1) is 11.9. The number of phenolic OH excluding ortho intramolecular Hbond substituents is 2. The van der Waals surface area contributed by atoms with Crippen LogP contribution < -0.4 is 10.2 Å². The molecule has 1 aliphatic rings. The molecule has 8 heteroatoms. The third kappa shape index (κ3) is 3.07. The molecule has 0 bridgehead atoms. The van der Waals surface area contributed by atoms with Gasteiger partial charge in [0.15, 0.2) is 5.11 Å². The van der Waals surface area contributed by atoms with Gasteiger partial charge in [-0.3, -0.25) is 14.9 Å². The maximum atomic E-state index is 14.0. The van der Waals surface area contributed by atoms with Gasteiger partial charge in [0.2, 0.25) is 0 Å². The van der Waals surface area contributed by atoms with Crippen molar-refractivity contribution in [1.29, 1.82) is 0 Å². The predicted octanol–water partition coefficient (Wildman–Crippen LogP) is 2.07. The number of phenols is 2. The maximum Gasteiger partial charge on any atom is 0.270 e. The third-order valence-corrected chi connectivity index (χ3v) is 3.79. The molecule has 1 aliphatic heterocycles. The van der Waals surface area contributed by atoms with Crippen LogP contribution in [0.1, 0.15) is 5.56 Å². The summed E-state index contributed by atoms with van der Waals surface area (Å²) in [6.07, 6.45) is 1.14. The molecule has 0 atom stereocenters. The van der Waals surface area contributed by atoms with E-state index >= 15 is 0 Å². The Kier molecular flexibility index (Phi) is 4.20. The molecular formula is C17H11FN2O4S. The molecular weight excluding hydrogens is 347 g/mol. The average molecular weight is 358 g/mol. The fourth-order valence-corrected chi connectivity index (χ4v) is 2.59. The lowest BCUT2D eigenvalue weighted by atomic mass is 10.1. The van der Waals surface area contributed by atoms with Crippen LogP contribution in [0, 0.1) is 5.82 Å². The summed E-state index contributed by atoms with van der Waals surface area (Å²) in [7, 11) is 0. The van der Waals surface area contributed by atoms with Crippen molar-refractivity contribution in [3.63, 3.8) is 0 Å². The minimum absolute atomic E-state index is 0.0988. The number of aromatic hydroxyl groups is 2. The van der Waals surface area contributed by atoms with Gasteiger partial charge < -0.3 is 10.2 Å². The molecule has 0 radical (unpaired) electrons. The van der Waals surface area contributed by atoms with Gasteiger partial charge in [-0.1, -0.05) is 12.1 Å². The molecule has 2 aromatic carbocycles. The highest BCUT2D eigenvalue weighted by Gasteiger charge is 2.35. The molecule has 6 nitrogen and oxygen atoms in total. The second-order valence-electron chi connectivity index (χ2n) is 5.15. The molecule has 2 aromatic rings. The summed E-state index contributed by atoms with van der Waals surface area (Å²) >= 11 is 4.98. The number of halogens is 1. The Bertz CT molecular complexity index is 942. The van der Waals surface area contributed by atoms with Crippen LogP contribution >= 0.6 is 12.2 Å². The van der Waals surface area contributed by atoms with Crippen molar-refractivity contribution in [2.45, 2.75) is 0 Å². The molecule has 1 saturated heterocycles. The lowest BCUT2D eigenvalue weighted by Gasteiger charge is -2.29. The average Bonchev–Trinajstić information content (AvgIpc) is 2.54. The fraction of sp³-hybridized carbons (Fsp3) is 0. The second-order valence-corrected chi connectivity index (χ2v) is 5.54. The minimum atomic E-state index is -0.827. The molecule has 0 saturated carbocycles. The number of carbonyl (C=O) groups excluding carboxylic acids is 2. The molecule has 0 spiro atoms. The SMILES string of the molecule is O=C1NC(=S)N(c2ccccc2F)C(=O)/C1=C/c1ccc(O)cc1O. The van der Waals surface area contributed by atoms with Crippen LogP contribution in [-0.4, -0.2) is 27.1 Å². The Hall–Kier alpha value is -3.26. The lowest BCUT2D eigenvalue weighted by molar-refractivity contribution is -0.122. The van der Waals surface area contributed by atoms with Gasteiger partial charge in [0, 0.05) is 11.6 Å². The van der Waals surface area contributed by atoms with E-state index in [4.69, 9.17) is 12.2 Å². The molecule has 3 rings (SSSR count). The first kappa shape index (κ1) is 16.6. The Morgan fingerprint density at radius 3 is 2.52 bits per heavy atom. The molecule has 0 unspecified atom stereocenters. The number of hydrogen-bond acceptors (Lipinski definition) is 5. The monoisotopic (exact) mass is 358 g/mol. The van der Waals surface area contributed by atoms with Crippen molar-refractivity contribution in [2.75, 3.05) is 4.90 Å². The van der Waals surface area contributed by atoms with Gasteiger partial charge in [-0.25, -0.2) is 9.29 Å². The van der Waals surface area contributed by atoms with Crippen molar-refractivity contribution in [1.82, 2.24) is 5.32 Å². The Morgan fingerprint density at radius 2 is 1.84 bits per heavy atom. The normalized spacial score (nSPS) is 16.3. The van der Waals surface area contributed by atoms with E-state index < -0.39 is 17.6 Å². The van der Waals surface area contributed by atoms with Crippen LogP contribution in [0.4, 0.5) is 10.1 Å². The van der Waals surface area contributed by atoms with E-state index in [1.165, 1.54) is 30.3 Å². The van der Waals surface area contributed by atoms with Crippen molar-refractivity contribution >= 4 is 40.9 Å². The molecule has 1 fully saturated rings. The number of para-hydroxylation sites is 1. The van der Waals surface area contributed by atoms with Gasteiger partial charge >= 0.3 is 0 Å². The minimum Gasteiger partial charge on any atom is -0.508 e. The molecule has 0 aliphatic carbocycles. The molecule has 1 heterocycles. The van der Waals surface area contributed by atoms with Crippen LogP contribution in [0.2, 0.25) is 0 Å². The number of benzene rings is 2. The van der Waals surface area contributed by atoms with E-state index in [9.17, 15) is 24.2 Å². The molecule has 2 amide bonds. The number of amides is 2. The first-order valence-electron chi connectivity index (χ1n) is 7.06. The summed E-state index contributed by atoms with van der Waals surface area (Å²) in [6.45, 7) is 0. The van der Waals surface area contributed by atoms with Crippen molar-refractivity contribution in [3.8, 4) is 11.5 Å². The lowest BCUT2D eigenvalue weighted by Crippen LogP contribution is -2.54. The van der Waals surface area contributed by atoms with Gasteiger partial charge in [0.1, 0.15) is 22.9 Å². The van der Waals surface area contributed by atoms with E-state index in [1.807, 2.05) is 0 Å². The summed E-state index contributed by atoms with van der Waals surface area (Å²) in [4.78, 5) is 25.7. The van der Waals surface area contributed by atoms with E-state index in [1.54, 1.807) is 0 Å². The van der Waals surface area contributed by atoms with Gasteiger partial charge in [-0.15, -0.1) is 0 Å². The number of hydrogen-bond donors (Lipinski definition) is 3. The zero-order valence-corrected chi connectivity index (χ0v) is 13.4. The summed E-state index contributed by atoms with van der Waals surface area (Å²) in [5.74, 6) is -2.77. The highest BCUT2D eigenvalue weighted by atomic mass is 32.1. The van der Waals surface area contributed by atoms with Crippen LogP contribution in [0.25, 0.3) is 6.08 Å². The number of carbonyl (C=O) groups is 2. The third-order valence-electron chi connectivity index (χ3n) is 3.51. The quantitative estimate of drug-likeness (QED) is 0.434. The topological polar surface area (TPSA) is 89.9 Å². The van der Waals surface area contributed by atoms with Gasteiger partial charge in [0.25, 0.3) is 11.8 Å². The van der Waals surface area contributed by atoms with E-state index in [0.717, 1.165) is 23.1 Å². The second kappa shape index (κ2) is 6.33. The number of nitrogens with zero attached hydrogens (tertiary/aromatic N) is 1. The fourth-order valence-electron chi connectivity index (χ4n) is 2.32. The molecule has 25 heavy (non-hydrogen) atoms.